The third kappa shape index (κ3) is 3.21. The maximum Gasteiger partial charge on any atom is 0.416 e. The van der Waals surface area contributed by atoms with Gasteiger partial charge in [0.05, 0.1) is 11.1 Å². The van der Waals surface area contributed by atoms with Gasteiger partial charge in [-0.3, -0.25) is 0 Å². The van der Waals surface area contributed by atoms with E-state index in [1.54, 1.807) is 0 Å². The molecule has 0 aliphatic heterocycles. The van der Waals surface area contributed by atoms with Gasteiger partial charge in [-0.05, 0) is 52.9 Å². The number of benzene rings is 3. The summed E-state index contributed by atoms with van der Waals surface area (Å²) in [5, 5.41) is 9.38. The number of hydrogen-bond donors (Lipinski definition) is 1. The molecular weight excluding hydrogens is 373 g/mol. The molecule has 1 N–H and O–H groups in total. The van der Waals surface area contributed by atoms with E-state index in [-0.39, 0.29) is 10.5 Å². The van der Waals surface area contributed by atoms with Crippen LogP contribution in [0, 0.1) is 0 Å². The first-order valence-corrected chi connectivity index (χ1v) is 8.99. The van der Waals surface area contributed by atoms with Gasteiger partial charge in [0.15, 0.2) is 0 Å². The topological polar surface area (TPSA) is 37.3 Å². The lowest BCUT2D eigenvalue weighted by Gasteiger charge is -2.13. The molecule has 0 bridgehead atoms. The van der Waals surface area contributed by atoms with Crippen molar-refractivity contribution in [3.8, 4) is 11.1 Å². The van der Waals surface area contributed by atoms with Crippen LogP contribution in [0.2, 0.25) is 0 Å². The largest absolute Gasteiger partial charge is 0.478 e. The van der Waals surface area contributed by atoms with E-state index < -0.39 is 17.7 Å². The number of rotatable bonds is 3. The molecule has 0 saturated carbocycles. The highest BCUT2D eigenvalue weighted by Gasteiger charge is 2.32. The molecule has 0 saturated heterocycles. The van der Waals surface area contributed by atoms with Gasteiger partial charge in [0, 0.05) is 9.79 Å². The van der Waals surface area contributed by atoms with Gasteiger partial charge in [-0.15, -0.1) is 0 Å². The molecule has 4 rings (SSSR count). The second-order valence-corrected chi connectivity index (χ2v) is 7.32. The van der Waals surface area contributed by atoms with Gasteiger partial charge in [0.1, 0.15) is 0 Å². The third-order valence-corrected chi connectivity index (χ3v) is 5.73. The Bertz CT molecular complexity index is 1060. The van der Waals surface area contributed by atoms with Crippen molar-refractivity contribution in [1.29, 1.82) is 0 Å². The molecule has 0 heterocycles. The van der Waals surface area contributed by atoms with Crippen LogP contribution in [0.25, 0.3) is 11.1 Å². The minimum atomic E-state index is -4.53. The fraction of sp³-hybridized carbons (Fsp3) is 0.0952. The smallest absolute Gasteiger partial charge is 0.416 e. The van der Waals surface area contributed by atoms with Crippen molar-refractivity contribution in [2.75, 3.05) is 0 Å². The third-order valence-electron chi connectivity index (χ3n) is 4.57. The molecular formula is C21H13F3O2S. The van der Waals surface area contributed by atoms with Crippen molar-refractivity contribution < 1.29 is 23.1 Å². The van der Waals surface area contributed by atoms with E-state index >= 15 is 0 Å². The Hall–Kier alpha value is -2.73. The number of carboxylic acid groups (broad SMARTS) is 1. The van der Waals surface area contributed by atoms with Gasteiger partial charge >= 0.3 is 12.1 Å². The fourth-order valence-corrected chi connectivity index (χ4v) is 4.44. The molecule has 3 aromatic rings. The van der Waals surface area contributed by atoms with E-state index in [0.29, 0.717) is 6.42 Å². The number of fused-ring (bicyclic) bond motifs is 3. The molecule has 2 nitrogen and oxygen atoms in total. The zero-order chi connectivity index (χ0) is 19.2. The molecule has 1 aliphatic rings. The molecule has 0 aromatic heterocycles. The molecule has 136 valence electrons. The number of hydrogen-bond acceptors (Lipinski definition) is 2. The van der Waals surface area contributed by atoms with Gasteiger partial charge < -0.3 is 5.11 Å². The molecule has 0 spiro atoms. The zero-order valence-electron chi connectivity index (χ0n) is 13.9. The summed E-state index contributed by atoms with van der Waals surface area (Å²) in [6.07, 6.45) is -3.85. The average molecular weight is 386 g/mol. The Kier molecular flexibility index (Phi) is 4.23. The number of aromatic carboxylic acids is 1. The first-order chi connectivity index (χ1) is 12.8. The molecule has 0 atom stereocenters. The Morgan fingerprint density at radius 1 is 0.926 bits per heavy atom. The van der Waals surface area contributed by atoms with Crippen molar-refractivity contribution in [2.45, 2.75) is 22.4 Å². The van der Waals surface area contributed by atoms with E-state index in [9.17, 15) is 23.1 Å². The highest BCUT2D eigenvalue weighted by molar-refractivity contribution is 7.99. The van der Waals surface area contributed by atoms with Crippen LogP contribution in [0.5, 0.6) is 0 Å². The van der Waals surface area contributed by atoms with Crippen molar-refractivity contribution in [1.82, 2.24) is 0 Å². The maximum atomic E-state index is 13.1. The number of carbonyl (C=O) groups is 1. The van der Waals surface area contributed by atoms with Crippen molar-refractivity contribution in [3.63, 3.8) is 0 Å². The first kappa shape index (κ1) is 17.7. The summed E-state index contributed by atoms with van der Waals surface area (Å²) in [5.74, 6) is -1.25. The number of alkyl halides is 3. The molecule has 6 heteroatoms. The van der Waals surface area contributed by atoms with Gasteiger partial charge in [-0.2, -0.15) is 13.2 Å². The van der Waals surface area contributed by atoms with Crippen LogP contribution in [-0.2, 0) is 12.6 Å². The molecule has 1 aliphatic carbocycles. The maximum absolute atomic E-state index is 13.1. The summed E-state index contributed by atoms with van der Waals surface area (Å²) >= 11 is 1.07. The van der Waals surface area contributed by atoms with E-state index in [4.69, 9.17) is 0 Å². The van der Waals surface area contributed by atoms with Crippen molar-refractivity contribution in [2.24, 2.45) is 0 Å². The van der Waals surface area contributed by atoms with Crippen LogP contribution >= 0.6 is 11.8 Å². The lowest BCUT2D eigenvalue weighted by molar-refractivity contribution is -0.137. The zero-order valence-corrected chi connectivity index (χ0v) is 14.7. The van der Waals surface area contributed by atoms with E-state index in [1.807, 2.05) is 42.5 Å². The monoisotopic (exact) mass is 386 g/mol. The van der Waals surface area contributed by atoms with Crippen LogP contribution < -0.4 is 0 Å². The van der Waals surface area contributed by atoms with Crippen molar-refractivity contribution >= 4 is 17.7 Å². The molecule has 0 fully saturated rings. The number of carboxylic acids is 1. The highest BCUT2D eigenvalue weighted by atomic mass is 32.2. The molecule has 3 aromatic carbocycles. The van der Waals surface area contributed by atoms with Crippen molar-refractivity contribution in [3.05, 3.63) is 82.9 Å². The number of halogens is 3. The Morgan fingerprint density at radius 3 is 2.41 bits per heavy atom. The summed E-state index contributed by atoms with van der Waals surface area (Å²) in [7, 11) is 0. The van der Waals surface area contributed by atoms with E-state index in [2.05, 4.69) is 0 Å². The van der Waals surface area contributed by atoms with Gasteiger partial charge in [0.2, 0.25) is 0 Å². The van der Waals surface area contributed by atoms with Crippen LogP contribution in [0.15, 0.2) is 70.5 Å². The minimum absolute atomic E-state index is 0.0849. The second-order valence-electron chi connectivity index (χ2n) is 6.23. The van der Waals surface area contributed by atoms with Gasteiger partial charge in [0.25, 0.3) is 0 Å². The lowest BCUT2D eigenvalue weighted by atomic mass is 10.1. The summed E-state index contributed by atoms with van der Waals surface area (Å²) in [5.41, 5.74) is 3.32. The normalized spacial score (nSPS) is 12.6. The first-order valence-electron chi connectivity index (χ1n) is 8.17. The Labute approximate surface area is 157 Å². The predicted molar refractivity (Wildman–Crippen MR) is 97.2 cm³/mol. The Balaban J connectivity index is 1.79. The molecule has 0 unspecified atom stereocenters. The predicted octanol–water partition coefficient (Wildman–Crippen LogP) is 6.13. The van der Waals surface area contributed by atoms with Crippen LogP contribution in [-0.4, -0.2) is 11.1 Å². The second kappa shape index (κ2) is 6.46. The average Bonchev–Trinajstić information content (AvgIpc) is 3.00. The van der Waals surface area contributed by atoms with E-state index in [0.717, 1.165) is 57.1 Å². The summed E-state index contributed by atoms with van der Waals surface area (Å²) in [4.78, 5) is 12.3. The molecule has 0 radical (unpaired) electrons. The minimum Gasteiger partial charge on any atom is -0.478 e. The van der Waals surface area contributed by atoms with Crippen LogP contribution in [0.1, 0.15) is 27.0 Å². The summed E-state index contributed by atoms with van der Waals surface area (Å²) in [6, 6.07) is 16.3. The van der Waals surface area contributed by atoms with Gasteiger partial charge in [-0.1, -0.05) is 48.2 Å². The summed E-state index contributed by atoms with van der Waals surface area (Å²) < 4.78 is 39.2. The quantitative estimate of drug-likeness (QED) is 0.460. The Morgan fingerprint density at radius 2 is 1.67 bits per heavy atom. The van der Waals surface area contributed by atoms with Gasteiger partial charge in [-0.25, -0.2) is 4.79 Å². The highest BCUT2D eigenvalue weighted by Crippen LogP contribution is 2.44. The molecule has 27 heavy (non-hydrogen) atoms. The SMILES string of the molecule is O=C(O)c1ccc(C(F)(F)F)cc1Sc1cccc2c1Cc1ccccc1-2. The standard InChI is InChI=1S/C21H13F3O2S/c22-21(23,24)13-8-9-16(20(25)26)19(11-13)27-18-7-3-6-15-14-5-2-1-4-12(14)10-17(15)18/h1-9,11H,10H2,(H,25,26). The summed E-state index contributed by atoms with van der Waals surface area (Å²) in [6.45, 7) is 0. The fourth-order valence-electron chi connectivity index (χ4n) is 3.30. The van der Waals surface area contributed by atoms with E-state index in [1.165, 1.54) is 0 Å². The molecule has 0 amide bonds. The lowest BCUT2D eigenvalue weighted by Crippen LogP contribution is -2.07. The van der Waals surface area contributed by atoms with Crippen LogP contribution in [0.4, 0.5) is 13.2 Å². The van der Waals surface area contributed by atoms with Crippen LogP contribution in [0.3, 0.4) is 0 Å².